The minimum absolute atomic E-state index is 0. The molecule has 2 N–H and O–H groups in total. The molecule has 1 aliphatic heterocycles. The Labute approximate surface area is 132 Å². The molecule has 2 aliphatic rings. The van der Waals surface area contributed by atoms with E-state index in [1.54, 1.807) is 12.4 Å². The lowest BCUT2D eigenvalue weighted by Crippen LogP contribution is -2.33. The van der Waals surface area contributed by atoms with Gasteiger partial charge in [-0.15, -0.1) is 12.4 Å². The van der Waals surface area contributed by atoms with Crippen LogP contribution in [0.4, 0.5) is 0 Å². The third kappa shape index (κ3) is 2.87. The number of nitrogens with zero attached hydrogens (tertiary/aromatic N) is 2. The summed E-state index contributed by atoms with van der Waals surface area (Å²) in [6, 6.07) is 2.17. The first-order chi connectivity index (χ1) is 8.65. The van der Waals surface area contributed by atoms with Gasteiger partial charge in [0.05, 0.1) is 5.56 Å². The normalized spacial score (nSPS) is 28.9. The number of pyridine rings is 1. The molecule has 1 aliphatic carbocycles. The van der Waals surface area contributed by atoms with Crippen molar-refractivity contribution in [3.63, 3.8) is 0 Å². The van der Waals surface area contributed by atoms with E-state index in [-0.39, 0.29) is 24.4 Å². The van der Waals surface area contributed by atoms with Gasteiger partial charge >= 0.3 is 0 Å². The molecule has 104 valence electrons. The summed E-state index contributed by atoms with van der Waals surface area (Å²) in [7, 11) is 0. The van der Waals surface area contributed by atoms with Crippen LogP contribution >= 0.6 is 35.0 Å². The highest BCUT2D eigenvalue weighted by Gasteiger charge is 2.42. The maximum atomic E-state index is 12.4. The Kier molecular flexibility index (Phi) is 4.68. The number of halogens is 2. The number of fused-ring (bicyclic) bond motifs is 1. The molecule has 2 heterocycles. The zero-order chi connectivity index (χ0) is 12.7. The van der Waals surface area contributed by atoms with Crippen molar-refractivity contribution in [2.24, 2.45) is 17.6 Å². The van der Waals surface area contributed by atoms with Crippen LogP contribution in [0.2, 0.25) is 0 Å². The number of amides is 1. The van der Waals surface area contributed by atoms with Crippen LogP contribution in [-0.2, 0) is 0 Å². The van der Waals surface area contributed by atoms with Crippen LogP contribution in [0.3, 0.4) is 0 Å². The molecule has 1 saturated heterocycles. The molecule has 0 bridgehead atoms. The van der Waals surface area contributed by atoms with Gasteiger partial charge in [0.1, 0.15) is 0 Å². The average Bonchev–Trinajstić information content (AvgIpc) is 2.91. The number of rotatable bonds is 1. The van der Waals surface area contributed by atoms with E-state index in [4.69, 9.17) is 5.73 Å². The van der Waals surface area contributed by atoms with Crippen molar-refractivity contribution in [1.82, 2.24) is 9.88 Å². The van der Waals surface area contributed by atoms with E-state index in [0.717, 1.165) is 23.1 Å². The Balaban J connectivity index is 0.00000133. The molecular formula is C13H17ClIN3O. The predicted molar refractivity (Wildman–Crippen MR) is 84.3 cm³/mol. The number of aromatic nitrogens is 1. The summed E-state index contributed by atoms with van der Waals surface area (Å²) in [5.74, 6) is 1.21. The highest BCUT2D eigenvalue weighted by molar-refractivity contribution is 14.1. The van der Waals surface area contributed by atoms with Crippen LogP contribution in [0, 0.1) is 15.4 Å². The van der Waals surface area contributed by atoms with E-state index < -0.39 is 0 Å². The van der Waals surface area contributed by atoms with E-state index in [0.29, 0.717) is 17.4 Å². The van der Waals surface area contributed by atoms with Crippen LogP contribution in [0.5, 0.6) is 0 Å². The van der Waals surface area contributed by atoms with E-state index in [9.17, 15) is 4.79 Å². The zero-order valence-electron chi connectivity index (χ0n) is 10.5. The minimum Gasteiger partial charge on any atom is -0.338 e. The maximum Gasteiger partial charge on any atom is 0.255 e. The molecular weight excluding hydrogens is 377 g/mol. The van der Waals surface area contributed by atoms with Gasteiger partial charge in [-0.25, -0.2) is 0 Å². The molecule has 3 unspecified atom stereocenters. The third-order valence-corrected chi connectivity index (χ3v) is 4.74. The SMILES string of the molecule is Cl.NC1CCC2CN(C(=O)c3cncc(I)c3)CC12. The van der Waals surface area contributed by atoms with Gasteiger partial charge < -0.3 is 10.6 Å². The zero-order valence-corrected chi connectivity index (χ0v) is 13.4. The summed E-state index contributed by atoms with van der Waals surface area (Å²) >= 11 is 2.18. The van der Waals surface area contributed by atoms with Crippen molar-refractivity contribution in [1.29, 1.82) is 0 Å². The number of hydrogen-bond acceptors (Lipinski definition) is 3. The fourth-order valence-corrected chi connectivity index (χ4v) is 3.68. The van der Waals surface area contributed by atoms with E-state index in [1.165, 1.54) is 6.42 Å². The van der Waals surface area contributed by atoms with E-state index >= 15 is 0 Å². The smallest absolute Gasteiger partial charge is 0.255 e. The van der Waals surface area contributed by atoms with Gasteiger partial charge in [-0.05, 0) is 53.3 Å². The van der Waals surface area contributed by atoms with E-state index in [1.807, 2.05) is 11.0 Å². The van der Waals surface area contributed by atoms with Gasteiger partial charge in [-0.1, -0.05) is 0 Å². The van der Waals surface area contributed by atoms with Gasteiger partial charge in [0.2, 0.25) is 0 Å². The Morgan fingerprint density at radius 2 is 2.16 bits per heavy atom. The quantitative estimate of drug-likeness (QED) is 0.742. The first-order valence-corrected chi connectivity index (χ1v) is 7.38. The maximum absolute atomic E-state index is 12.4. The molecule has 1 amide bonds. The van der Waals surface area contributed by atoms with E-state index in [2.05, 4.69) is 27.6 Å². The Bertz CT molecular complexity index is 485. The lowest BCUT2D eigenvalue weighted by atomic mass is 9.98. The Morgan fingerprint density at radius 1 is 1.37 bits per heavy atom. The molecule has 2 fully saturated rings. The van der Waals surface area contributed by atoms with Crippen molar-refractivity contribution in [2.45, 2.75) is 18.9 Å². The van der Waals surface area contributed by atoms with Crippen LogP contribution in [0.25, 0.3) is 0 Å². The monoisotopic (exact) mass is 393 g/mol. The lowest BCUT2D eigenvalue weighted by Gasteiger charge is -2.18. The van der Waals surface area contributed by atoms with Crippen molar-refractivity contribution in [3.05, 3.63) is 27.6 Å². The molecule has 1 saturated carbocycles. The van der Waals surface area contributed by atoms with Gasteiger partial charge in [0.25, 0.3) is 5.91 Å². The van der Waals surface area contributed by atoms with Gasteiger partial charge in [-0.2, -0.15) is 0 Å². The number of hydrogen-bond donors (Lipinski definition) is 1. The largest absolute Gasteiger partial charge is 0.338 e. The minimum atomic E-state index is 0. The van der Waals surface area contributed by atoms with Crippen molar-refractivity contribution in [3.8, 4) is 0 Å². The van der Waals surface area contributed by atoms with Gasteiger partial charge in [0.15, 0.2) is 0 Å². The first kappa shape index (κ1) is 15.0. The molecule has 0 spiro atoms. The standard InChI is InChI=1S/C13H16IN3O.ClH/c14-10-3-9(4-16-5-10)13(18)17-6-8-1-2-12(15)11(8)7-17;/h3-5,8,11-12H,1-2,6-7,15H2;1H. The summed E-state index contributed by atoms with van der Waals surface area (Å²) in [6.07, 6.45) is 5.69. The molecule has 1 aromatic rings. The van der Waals surface area contributed by atoms with Gasteiger partial charge in [0, 0.05) is 35.1 Å². The fraction of sp³-hybridized carbons (Fsp3) is 0.538. The second-order valence-electron chi connectivity index (χ2n) is 5.27. The molecule has 0 aromatic carbocycles. The second kappa shape index (κ2) is 5.93. The molecule has 19 heavy (non-hydrogen) atoms. The number of nitrogens with two attached hydrogens (primary N) is 1. The summed E-state index contributed by atoms with van der Waals surface area (Å²) in [4.78, 5) is 18.4. The van der Waals surface area contributed by atoms with Crippen LogP contribution in [0.1, 0.15) is 23.2 Å². The summed E-state index contributed by atoms with van der Waals surface area (Å²) < 4.78 is 0.995. The number of carbonyl (C=O) groups excluding carboxylic acids is 1. The van der Waals surface area contributed by atoms with Gasteiger partial charge in [-0.3, -0.25) is 9.78 Å². The lowest BCUT2D eigenvalue weighted by molar-refractivity contribution is 0.0779. The van der Waals surface area contributed by atoms with Crippen molar-refractivity contribution < 1.29 is 4.79 Å². The summed E-state index contributed by atoms with van der Waals surface area (Å²) in [5, 5.41) is 0. The molecule has 1 aromatic heterocycles. The van der Waals surface area contributed by atoms with Crippen LogP contribution < -0.4 is 5.73 Å². The number of carbonyl (C=O) groups is 1. The molecule has 3 atom stereocenters. The molecule has 3 rings (SSSR count). The number of likely N-dealkylation sites (tertiary alicyclic amines) is 1. The first-order valence-electron chi connectivity index (χ1n) is 6.30. The topological polar surface area (TPSA) is 59.2 Å². The molecule has 4 nitrogen and oxygen atoms in total. The van der Waals surface area contributed by atoms with Crippen LogP contribution in [0.15, 0.2) is 18.5 Å². The Morgan fingerprint density at radius 3 is 2.84 bits per heavy atom. The average molecular weight is 394 g/mol. The van der Waals surface area contributed by atoms with Crippen molar-refractivity contribution >= 4 is 40.9 Å². The summed E-state index contributed by atoms with van der Waals surface area (Å²) in [5.41, 5.74) is 6.78. The highest BCUT2D eigenvalue weighted by atomic mass is 127. The fourth-order valence-electron chi connectivity index (χ4n) is 3.18. The highest BCUT2D eigenvalue weighted by Crippen LogP contribution is 2.37. The predicted octanol–water partition coefficient (Wildman–Crippen LogP) is 1.92. The second-order valence-corrected chi connectivity index (χ2v) is 6.51. The Hall–Kier alpha value is -0.400. The molecule has 6 heteroatoms. The summed E-state index contributed by atoms with van der Waals surface area (Å²) in [6.45, 7) is 1.68. The third-order valence-electron chi connectivity index (χ3n) is 4.15. The molecule has 0 radical (unpaired) electrons. The van der Waals surface area contributed by atoms with Crippen LogP contribution in [-0.4, -0.2) is 34.9 Å². The van der Waals surface area contributed by atoms with Crippen molar-refractivity contribution in [2.75, 3.05) is 13.1 Å².